The summed E-state index contributed by atoms with van der Waals surface area (Å²) in [5, 5.41) is 3.32. The van der Waals surface area contributed by atoms with E-state index in [0.717, 1.165) is 24.5 Å². The van der Waals surface area contributed by atoms with Gasteiger partial charge in [-0.15, -0.1) is 0 Å². The van der Waals surface area contributed by atoms with E-state index < -0.39 is 9.84 Å². The number of hydrogen-bond acceptors (Lipinski definition) is 8. The Kier molecular flexibility index (Phi) is 4.12. The number of aromatic nitrogens is 2. The van der Waals surface area contributed by atoms with E-state index in [4.69, 9.17) is 4.42 Å². The Morgan fingerprint density at radius 3 is 3.08 bits per heavy atom. The molecule has 2 fully saturated rings. The molecule has 2 aliphatic heterocycles. The van der Waals surface area contributed by atoms with Crippen LogP contribution >= 0.6 is 0 Å². The fourth-order valence-electron chi connectivity index (χ4n) is 3.56. The molecule has 0 aromatic carbocycles. The van der Waals surface area contributed by atoms with E-state index in [-0.39, 0.29) is 23.6 Å². The minimum atomic E-state index is -3.00. The lowest BCUT2D eigenvalue weighted by Gasteiger charge is -2.38. The van der Waals surface area contributed by atoms with Gasteiger partial charge in [0.2, 0.25) is 5.95 Å². The molecule has 2 saturated heterocycles. The lowest BCUT2D eigenvalue weighted by atomic mass is 10.1. The van der Waals surface area contributed by atoms with Crippen molar-refractivity contribution in [1.82, 2.24) is 15.3 Å². The van der Waals surface area contributed by atoms with Crippen LogP contribution in [0.5, 0.6) is 0 Å². The van der Waals surface area contributed by atoms with Crippen molar-refractivity contribution in [2.24, 2.45) is 0 Å². The minimum absolute atomic E-state index is 0.0270. The summed E-state index contributed by atoms with van der Waals surface area (Å²) >= 11 is 0. The summed E-state index contributed by atoms with van der Waals surface area (Å²) in [6.07, 6.45) is 5.07. The van der Waals surface area contributed by atoms with Crippen molar-refractivity contribution in [1.29, 1.82) is 0 Å². The lowest BCUT2D eigenvalue weighted by Crippen LogP contribution is -2.57. The van der Waals surface area contributed by atoms with Gasteiger partial charge in [-0.1, -0.05) is 0 Å². The molecule has 2 aromatic heterocycles. The molecule has 0 aliphatic carbocycles. The van der Waals surface area contributed by atoms with E-state index in [1.807, 2.05) is 24.1 Å². The number of anilines is 2. The maximum Gasteiger partial charge on any atom is 0.227 e. The summed E-state index contributed by atoms with van der Waals surface area (Å²) in [4.78, 5) is 13.1. The van der Waals surface area contributed by atoms with Gasteiger partial charge >= 0.3 is 0 Å². The third kappa shape index (κ3) is 3.34. The number of nitrogens with one attached hydrogen (secondary N) is 1. The van der Waals surface area contributed by atoms with Gasteiger partial charge in [0, 0.05) is 44.5 Å². The number of nitrogens with zero attached hydrogens (tertiary/aromatic N) is 4. The van der Waals surface area contributed by atoms with E-state index in [0.29, 0.717) is 12.5 Å². The van der Waals surface area contributed by atoms with E-state index in [9.17, 15) is 8.42 Å². The zero-order valence-electron chi connectivity index (χ0n) is 14.0. The fraction of sp³-hybridized carbons (Fsp3) is 0.500. The van der Waals surface area contributed by atoms with Crippen molar-refractivity contribution in [2.75, 3.05) is 41.4 Å². The van der Waals surface area contributed by atoms with Crippen LogP contribution in [0.1, 0.15) is 5.56 Å². The highest BCUT2D eigenvalue weighted by atomic mass is 32.2. The molecule has 0 unspecified atom stereocenters. The number of hydrogen-bond donors (Lipinski definition) is 1. The zero-order valence-corrected chi connectivity index (χ0v) is 14.8. The second-order valence-electron chi connectivity index (χ2n) is 6.60. The topological polar surface area (TPSA) is 91.6 Å². The van der Waals surface area contributed by atoms with Crippen LogP contribution in [0.4, 0.5) is 11.8 Å². The SMILES string of the molecule is CN(Cc1ccoc1)c1nccc(N2CCN[C@@H]3CS(=O)(=O)C[C@@H]32)n1. The number of sulfone groups is 1. The zero-order chi connectivity index (χ0) is 17.4. The molecular formula is C16H21N5O3S. The maximum absolute atomic E-state index is 12.0. The summed E-state index contributed by atoms with van der Waals surface area (Å²) in [5.41, 5.74) is 1.04. The smallest absolute Gasteiger partial charge is 0.227 e. The second kappa shape index (κ2) is 6.30. The second-order valence-corrected chi connectivity index (χ2v) is 8.75. The number of rotatable bonds is 4. The van der Waals surface area contributed by atoms with E-state index in [1.54, 1.807) is 18.7 Å². The number of furan rings is 1. The Hall–Kier alpha value is -2.13. The first kappa shape index (κ1) is 16.3. The van der Waals surface area contributed by atoms with Gasteiger partial charge in [0.05, 0.1) is 30.1 Å². The van der Waals surface area contributed by atoms with Gasteiger partial charge in [-0.3, -0.25) is 0 Å². The lowest BCUT2D eigenvalue weighted by molar-refractivity contribution is 0.422. The predicted octanol–water partition coefficient (Wildman–Crippen LogP) is 0.281. The largest absolute Gasteiger partial charge is 0.472 e. The maximum atomic E-state index is 12.0. The van der Waals surface area contributed by atoms with Gasteiger partial charge in [0.1, 0.15) is 5.82 Å². The summed E-state index contributed by atoms with van der Waals surface area (Å²) in [5.74, 6) is 1.76. The summed E-state index contributed by atoms with van der Waals surface area (Å²) < 4.78 is 29.1. The van der Waals surface area contributed by atoms with Gasteiger partial charge in [-0.05, 0) is 12.1 Å². The van der Waals surface area contributed by atoms with Gasteiger partial charge in [0.25, 0.3) is 0 Å². The molecule has 25 heavy (non-hydrogen) atoms. The van der Waals surface area contributed by atoms with Crippen molar-refractivity contribution in [3.63, 3.8) is 0 Å². The van der Waals surface area contributed by atoms with Crippen LogP contribution in [0.25, 0.3) is 0 Å². The van der Waals surface area contributed by atoms with Gasteiger partial charge in [0.15, 0.2) is 9.84 Å². The monoisotopic (exact) mass is 363 g/mol. The molecule has 0 saturated carbocycles. The van der Waals surface area contributed by atoms with Crippen molar-refractivity contribution in [3.8, 4) is 0 Å². The molecule has 2 aromatic rings. The van der Waals surface area contributed by atoms with Gasteiger partial charge in [-0.2, -0.15) is 4.98 Å². The van der Waals surface area contributed by atoms with Crippen LogP contribution in [-0.2, 0) is 16.4 Å². The summed E-state index contributed by atoms with van der Waals surface area (Å²) in [6, 6.07) is 3.66. The van der Waals surface area contributed by atoms with Crippen LogP contribution in [0.2, 0.25) is 0 Å². The molecule has 2 atom stereocenters. The molecule has 1 N–H and O–H groups in total. The van der Waals surface area contributed by atoms with Crippen LogP contribution < -0.4 is 15.1 Å². The quantitative estimate of drug-likeness (QED) is 0.828. The van der Waals surface area contributed by atoms with Crippen LogP contribution in [0.3, 0.4) is 0 Å². The molecule has 134 valence electrons. The molecule has 8 nitrogen and oxygen atoms in total. The van der Waals surface area contributed by atoms with E-state index in [1.165, 1.54) is 0 Å². The Labute approximate surface area is 146 Å². The third-order valence-electron chi connectivity index (χ3n) is 4.75. The molecule has 0 amide bonds. The molecule has 2 aliphatic rings. The van der Waals surface area contributed by atoms with Crippen molar-refractivity contribution < 1.29 is 12.8 Å². The van der Waals surface area contributed by atoms with Crippen molar-refractivity contribution in [2.45, 2.75) is 18.6 Å². The van der Waals surface area contributed by atoms with Crippen molar-refractivity contribution in [3.05, 3.63) is 36.4 Å². The van der Waals surface area contributed by atoms with Crippen LogP contribution in [0.15, 0.2) is 35.3 Å². The Bertz CT molecular complexity index is 839. The normalized spacial score (nSPS) is 24.9. The molecule has 4 rings (SSSR count). The highest BCUT2D eigenvalue weighted by molar-refractivity contribution is 7.91. The first-order valence-corrected chi connectivity index (χ1v) is 10.1. The van der Waals surface area contributed by atoms with Crippen LogP contribution in [-0.4, -0.2) is 62.1 Å². The minimum Gasteiger partial charge on any atom is -0.472 e. The standard InChI is InChI=1S/C16H21N5O3S/c1-20(8-12-3-7-24-9-12)16-18-4-2-15(19-16)21-6-5-17-13-10-25(22,23)11-14(13)21/h2-4,7,9,13-14,17H,5-6,8,10-11H2,1H3/t13-,14+/m1/s1. The third-order valence-corrected chi connectivity index (χ3v) is 6.46. The first-order chi connectivity index (χ1) is 12.0. The van der Waals surface area contributed by atoms with E-state index in [2.05, 4.69) is 20.2 Å². The van der Waals surface area contributed by atoms with Gasteiger partial charge < -0.3 is 19.5 Å². The average molecular weight is 363 g/mol. The average Bonchev–Trinajstić information content (AvgIpc) is 3.20. The molecular weight excluding hydrogens is 342 g/mol. The highest BCUT2D eigenvalue weighted by Gasteiger charge is 2.43. The van der Waals surface area contributed by atoms with Gasteiger partial charge in [-0.25, -0.2) is 13.4 Å². The van der Waals surface area contributed by atoms with E-state index >= 15 is 0 Å². The Morgan fingerprint density at radius 2 is 2.28 bits per heavy atom. The Balaban J connectivity index is 1.56. The fourth-order valence-corrected chi connectivity index (χ4v) is 5.52. The number of fused-ring (bicyclic) bond motifs is 1. The molecule has 4 heterocycles. The Morgan fingerprint density at radius 1 is 1.40 bits per heavy atom. The van der Waals surface area contributed by atoms with Crippen LogP contribution in [0, 0.1) is 0 Å². The van der Waals surface area contributed by atoms with Crippen molar-refractivity contribution >= 4 is 21.6 Å². The molecule has 0 radical (unpaired) electrons. The molecule has 0 spiro atoms. The highest BCUT2D eigenvalue weighted by Crippen LogP contribution is 2.26. The number of piperazine rings is 1. The summed E-state index contributed by atoms with van der Waals surface area (Å²) in [7, 11) is -1.08. The summed E-state index contributed by atoms with van der Waals surface area (Å²) in [6.45, 7) is 2.13. The molecule has 0 bridgehead atoms. The molecule has 9 heteroatoms. The first-order valence-electron chi connectivity index (χ1n) is 8.27. The predicted molar refractivity (Wildman–Crippen MR) is 94.4 cm³/mol.